The van der Waals surface area contributed by atoms with E-state index >= 15 is 0 Å². The van der Waals surface area contributed by atoms with Gasteiger partial charge in [0.1, 0.15) is 5.69 Å². The molecule has 19 heavy (non-hydrogen) atoms. The van der Waals surface area contributed by atoms with E-state index in [1.165, 1.54) is 12.4 Å². The number of likely N-dealkylation sites (tertiary alicyclic amines) is 1. The molecule has 1 aliphatic rings. The average Bonchev–Trinajstić information content (AvgIpc) is 3.07. The highest BCUT2D eigenvalue weighted by Crippen LogP contribution is 2.23. The first-order valence-corrected chi connectivity index (χ1v) is 6.78. The van der Waals surface area contributed by atoms with E-state index < -0.39 is 0 Å². The van der Waals surface area contributed by atoms with Crippen LogP contribution in [0.2, 0.25) is 0 Å². The van der Waals surface area contributed by atoms with E-state index in [1.54, 1.807) is 17.3 Å². The molecule has 98 valence electrons. The fourth-order valence-electron chi connectivity index (χ4n) is 2.23. The van der Waals surface area contributed by atoms with Crippen molar-refractivity contribution >= 4 is 21.8 Å². The predicted octanol–water partition coefficient (Wildman–Crippen LogP) is 1.52. The van der Waals surface area contributed by atoms with Crippen LogP contribution in [0.3, 0.4) is 0 Å². The van der Waals surface area contributed by atoms with Crippen LogP contribution in [0.25, 0.3) is 0 Å². The molecule has 3 rings (SSSR count). The summed E-state index contributed by atoms with van der Waals surface area (Å²) in [5.41, 5.74) is 0.393. The van der Waals surface area contributed by atoms with Gasteiger partial charge in [0.25, 0.3) is 5.91 Å². The van der Waals surface area contributed by atoms with Gasteiger partial charge in [0.2, 0.25) is 0 Å². The number of aromatic nitrogens is 4. The van der Waals surface area contributed by atoms with Crippen LogP contribution in [0.5, 0.6) is 0 Å². The summed E-state index contributed by atoms with van der Waals surface area (Å²) in [6.07, 6.45) is 9.19. The molecular weight excluding hydrogens is 310 g/mol. The topological polar surface area (TPSA) is 63.9 Å². The molecule has 0 spiro atoms. The molecule has 0 saturated carbocycles. The molecule has 0 N–H and O–H groups in total. The third kappa shape index (κ3) is 2.51. The van der Waals surface area contributed by atoms with Gasteiger partial charge in [-0.2, -0.15) is 5.10 Å². The second-order valence-electron chi connectivity index (χ2n) is 4.42. The fourth-order valence-corrected chi connectivity index (χ4v) is 2.53. The van der Waals surface area contributed by atoms with Crippen LogP contribution in [0.4, 0.5) is 0 Å². The summed E-state index contributed by atoms with van der Waals surface area (Å²) in [7, 11) is 0. The van der Waals surface area contributed by atoms with Crippen LogP contribution in [0.1, 0.15) is 23.0 Å². The minimum atomic E-state index is -0.0678. The first-order chi connectivity index (χ1) is 9.24. The highest BCUT2D eigenvalue weighted by atomic mass is 79.9. The Hall–Kier alpha value is -1.76. The van der Waals surface area contributed by atoms with Gasteiger partial charge in [0, 0.05) is 31.7 Å². The van der Waals surface area contributed by atoms with Crippen LogP contribution in [0.15, 0.2) is 35.5 Å². The van der Waals surface area contributed by atoms with E-state index in [-0.39, 0.29) is 11.9 Å². The Balaban J connectivity index is 1.71. The molecule has 2 aromatic rings. The lowest BCUT2D eigenvalue weighted by Crippen LogP contribution is -2.29. The Morgan fingerprint density at radius 1 is 1.37 bits per heavy atom. The number of halogens is 1. The first-order valence-electron chi connectivity index (χ1n) is 5.99. The second kappa shape index (κ2) is 5.08. The SMILES string of the molecule is O=C(c1cnccn1)N1CCC(n2cc(Br)cn2)C1. The first kappa shape index (κ1) is 12.3. The largest absolute Gasteiger partial charge is 0.335 e. The molecule has 1 unspecified atom stereocenters. The van der Waals surface area contributed by atoms with Gasteiger partial charge in [0.15, 0.2) is 0 Å². The van der Waals surface area contributed by atoms with Gasteiger partial charge >= 0.3 is 0 Å². The molecule has 0 radical (unpaired) electrons. The zero-order valence-electron chi connectivity index (χ0n) is 10.1. The summed E-state index contributed by atoms with van der Waals surface area (Å²) >= 11 is 3.38. The van der Waals surface area contributed by atoms with Crippen LogP contribution in [0, 0.1) is 0 Å². The molecule has 0 bridgehead atoms. The van der Waals surface area contributed by atoms with Gasteiger partial charge in [-0.05, 0) is 22.4 Å². The summed E-state index contributed by atoms with van der Waals surface area (Å²) < 4.78 is 2.85. The summed E-state index contributed by atoms with van der Waals surface area (Å²) in [6, 6.07) is 0.229. The highest BCUT2D eigenvalue weighted by Gasteiger charge is 2.29. The van der Waals surface area contributed by atoms with E-state index in [0.29, 0.717) is 12.2 Å². The van der Waals surface area contributed by atoms with Crippen molar-refractivity contribution in [3.8, 4) is 0 Å². The number of amides is 1. The van der Waals surface area contributed by atoms with Crippen molar-refractivity contribution in [2.24, 2.45) is 0 Å². The lowest BCUT2D eigenvalue weighted by atomic mass is 10.3. The molecule has 3 heterocycles. The van der Waals surface area contributed by atoms with Gasteiger partial charge in [-0.3, -0.25) is 14.5 Å². The van der Waals surface area contributed by atoms with Crippen molar-refractivity contribution in [2.45, 2.75) is 12.5 Å². The number of rotatable bonds is 2. The lowest BCUT2D eigenvalue weighted by molar-refractivity contribution is 0.0781. The number of hydrogen-bond donors (Lipinski definition) is 0. The van der Waals surface area contributed by atoms with Gasteiger partial charge in [-0.1, -0.05) is 0 Å². The molecule has 6 nitrogen and oxygen atoms in total. The van der Waals surface area contributed by atoms with E-state index in [1.807, 2.05) is 10.9 Å². The Bertz CT molecular complexity index is 585. The molecule has 1 amide bonds. The van der Waals surface area contributed by atoms with Crippen molar-refractivity contribution in [2.75, 3.05) is 13.1 Å². The minimum Gasteiger partial charge on any atom is -0.335 e. The Morgan fingerprint density at radius 2 is 2.26 bits per heavy atom. The third-order valence-electron chi connectivity index (χ3n) is 3.18. The average molecular weight is 322 g/mol. The number of carbonyl (C=O) groups excluding carboxylic acids is 1. The van der Waals surface area contributed by atoms with Gasteiger partial charge in [-0.25, -0.2) is 4.98 Å². The molecule has 1 fully saturated rings. The number of hydrogen-bond acceptors (Lipinski definition) is 4. The maximum absolute atomic E-state index is 12.2. The molecule has 1 saturated heterocycles. The van der Waals surface area contributed by atoms with Gasteiger partial charge < -0.3 is 4.90 Å². The van der Waals surface area contributed by atoms with Crippen molar-refractivity contribution < 1.29 is 4.79 Å². The lowest BCUT2D eigenvalue weighted by Gasteiger charge is -2.15. The second-order valence-corrected chi connectivity index (χ2v) is 5.34. The Morgan fingerprint density at radius 3 is 2.95 bits per heavy atom. The van der Waals surface area contributed by atoms with Crippen LogP contribution < -0.4 is 0 Å². The Labute approximate surface area is 118 Å². The fraction of sp³-hybridized carbons (Fsp3) is 0.333. The quantitative estimate of drug-likeness (QED) is 0.841. The molecule has 0 aromatic carbocycles. The third-order valence-corrected chi connectivity index (χ3v) is 3.59. The molecular formula is C12H12BrN5O. The monoisotopic (exact) mass is 321 g/mol. The van der Waals surface area contributed by atoms with Crippen LogP contribution in [-0.2, 0) is 0 Å². The zero-order valence-corrected chi connectivity index (χ0v) is 11.7. The van der Waals surface area contributed by atoms with Gasteiger partial charge in [0.05, 0.1) is 22.9 Å². The van der Waals surface area contributed by atoms with E-state index in [0.717, 1.165) is 17.4 Å². The highest BCUT2D eigenvalue weighted by molar-refractivity contribution is 9.10. The van der Waals surface area contributed by atoms with Crippen LogP contribution >= 0.6 is 15.9 Å². The zero-order chi connectivity index (χ0) is 13.2. The molecule has 2 aromatic heterocycles. The van der Waals surface area contributed by atoms with E-state index in [9.17, 15) is 4.79 Å². The van der Waals surface area contributed by atoms with Crippen molar-refractivity contribution in [1.29, 1.82) is 0 Å². The molecule has 1 atom stereocenters. The van der Waals surface area contributed by atoms with Crippen molar-refractivity contribution in [3.05, 3.63) is 41.2 Å². The smallest absolute Gasteiger partial charge is 0.274 e. The summed E-state index contributed by atoms with van der Waals surface area (Å²) in [5, 5.41) is 4.27. The maximum Gasteiger partial charge on any atom is 0.274 e. The summed E-state index contributed by atoms with van der Waals surface area (Å²) in [5.74, 6) is -0.0678. The molecule has 7 heteroatoms. The molecule has 0 aliphatic carbocycles. The normalized spacial score (nSPS) is 18.8. The van der Waals surface area contributed by atoms with E-state index in [2.05, 4.69) is 31.0 Å². The summed E-state index contributed by atoms with van der Waals surface area (Å²) in [6.45, 7) is 1.38. The molecule has 1 aliphatic heterocycles. The van der Waals surface area contributed by atoms with Gasteiger partial charge in [-0.15, -0.1) is 0 Å². The Kier molecular flexibility index (Phi) is 3.29. The van der Waals surface area contributed by atoms with E-state index in [4.69, 9.17) is 0 Å². The van der Waals surface area contributed by atoms with Crippen molar-refractivity contribution in [3.63, 3.8) is 0 Å². The van der Waals surface area contributed by atoms with Crippen molar-refractivity contribution in [1.82, 2.24) is 24.6 Å². The predicted molar refractivity (Wildman–Crippen MR) is 71.5 cm³/mol. The van der Waals surface area contributed by atoms with Crippen LogP contribution in [-0.4, -0.2) is 43.6 Å². The standard InChI is InChI=1S/C12H12BrN5O/c13-9-5-16-18(7-9)10-1-4-17(8-10)12(19)11-6-14-2-3-15-11/h2-3,5-7,10H,1,4,8H2. The number of nitrogens with zero attached hydrogens (tertiary/aromatic N) is 5. The maximum atomic E-state index is 12.2. The number of carbonyl (C=O) groups is 1. The summed E-state index contributed by atoms with van der Waals surface area (Å²) in [4.78, 5) is 22.0. The minimum absolute atomic E-state index is 0.0678.